The van der Waals surface area contributed by atoms with Crippen LogP contribution in [0.2, 0.25) is 0 Å². The zero-order valence-corrected chi connectivity index (χ0v) is 21.0. The third-order valence-corrected chi connectivity index (χ3v) is 6.30. The van der Waals surface area contributed by atoms with Crippen LogP contribution >= 0.6 is 0 Å². The molecule has 0 N–H and O–H groups in total. The molecule has 0 amide bonds. The van der Waals surface area contributed by atoms with Crippen molar-refractivity contribution in [1.29, 1.82) is 0 Å². The highest BCUT2D eigenvalue weighted by Crippen LogP contribution is 2.39. The third-order valence-electron chi connectivity index (χ3n) is 6.30. The first kappa shape index (κ1) is 23.1. The fraction of sp³-hybridized carbons (Fsp3) is 0.481. The number of fused-ring (bicyclic) bond motifs is 2. The second kappa shape index (κ2) is 8.40. The number of benzene rings is 2. The van der Waals surface area contributed by atoms with Gasteiger partial charge < -0.3 is 18.9 Å². The van der Waals surface area contributed by atoms with Crippen molar-refractivity contribution in [2.75, 3.05) is 28.4 Å². The van der Waals surface area contributed by atoms with Crippen molar-refractivity contribution in [1.82, 2.24) is 0 Å². The summed E-state index contributed by atoms with van der Waals surface area (Å²) in [6.45, 7) is 8.67. The number of aliphatic imine (C=N–C) groups is 2. The summed E-state index contributed by atoms with van der Waals surface area (Å²) in [5.74, 6) is 2.90. The van der Waals surface area contributed by atoms with Gasteiger partial charge in [0.2, 0.25) is 0 Å². The van der Waals surface area contributed by atoms with E-state index in [-0.39, 0.29) is 11.1 Å². The molecule has 2 aliphatic rings. The Hall–Kier alpha value is -3.02. The zero-order chi connectivity index (χ0) is 24.0. The normalized spacial score (nSPS) is 17.8. The van der Waals surface area contributed by atoms with Crippen LogP contribution in [0.5, 0.6) is 23.0 Å². The Morgan fingerprint density at radius 1 is 0.606 bits per heavy atom. The van der Waals surface area contributed by atoms with Crippen molar-refractivity contribution < 1.29 is 18.9 Å². The second-order valence-corrected chi connectivity index (χ2v) is 10.0. The molecule has 0 aliphatic carbocycles. The molecule has 2 heterocycles. The Morgan fingerprint density at radius 2 is 0.939 bits per heavy atom. The average Bonchev–Trinajstić information content (AvgIpc) is 2.75. The first-order valence-corrected chi connectivity index (χ1v) is 11.3. The van der Waals surface area contributed by atoms with E-state index in [1.165, 1.54) is 11.1 Å². The van der Waals surface area contributed by atoms with Gasteiger partial charge in [0.15, 0.2) is 23.0 Å². The predicted molar refractivity (Wildman–Crippen MR) is 132 cm³/mol. The van der Waals surface area contributed by atoms with Gasteiger partial charge in [0.1, 0.15) is 0 Å². The number of rotatable bonds is 6. The van der Waals surface area contributed by atoms with Crippen molar-refractivity contribution in [3.8, 4) is 23.0 Å². The summed E-state index contributed by atoms with van der Waals surface area (Å²) in [5.41, 5.74) is 6.22. The van der Waals surface area contributed by atoms with E-state index < -0.39 is 0 Å². The fourth-order valence-electron chi connectivity index (χ4n) is 4.96. The van der Waals surface area contributed by atoms with Crippen LogP contribution in [0.1, 0.15) is 56.4 Å². The molecule has 2 aliphatic heterocycles. The molecule has 0 radical (unpaired) electrons. The molecule has 33 heavy (non-hydrogen) atoms. The molecular weight excluding hydrogens is 416 g/mol. The van der Waals surface area contributed by atoms with Crippen LogP contribution in [0.15, 0.2) is 34.3 Å². The number of hydrogen-bond acceptors (Lipinski definition) is 6. The van der Waals surface area contributed by atoms with E-state index in [2.05, 4.69) is 39.8 Å². The smallest absolute Gasteiger partial charge is 0.161 e. The summed E-state index contributed by atoms with van der Waals surface area (Å²) in [5, 5.41) is 0. The Bertz CT molecular complexity index is 1060. The zero-order valence-electron chi connectivity index (χ0n) is 21.0. The van der Waals surface area contributed by atoms with Gasteiger partial charge in [0.05, 0.1) is 39.5 Å². The summed E-state index contributed by atoms with van der Waals surface area (Å²) in [4.78, 5) is 10.3. The summed E-state index contributed by atoms with van der Waals surface area (Å²) in [7, 11) is 6.67. The molecule has 0 spiro atoms. The molecule has 2 aromatic carbocycles. The number of ether oxygens (including phenoxy) is 4. The summed E-state index contributed by atoms with van der Waals surface area (Å²) >= 11 is 0. The Morgan fingerprint density at radius 3 is 1.27 bits per heavy atom. The van der Waals surface area contributed by atoms with Crippen molar-refractivity contribution in [3.05, 3.63) is 46.5 Å². The molecule has 6 nitrogen and oxygen atoms in total. The van der Waals surface area contributed by atoms with Crippen molar-refractivity contribution in [2.45, 2.75) is 58.0 Å². The Labute approximate surface area is 196 Å². The van der Waals surface area contributed by atoms with E-state index in [0.29, 0.717) is 17.9 Å². The minimum absolute atomic E-state index is 0.215. The molecule has 0 atom stereocenters. The lowest BCUT2D eigenvalue weighted by Crippen LogP contribution is -2.33. The van der Waals surface area contributed by atoms with Gasteiger partial charge >= 0.3 is 0 Å². The van der Waals surface area contributed by atoms with Gasteiger partial charge in [0, 0.05) is 29.0 Å². The minimum atomic E-state index is -0.215. The first-order chi connectivity index (χ1) is 15.6. The highest BCUT2D eigenvalue weighted by atomic mass is 16.5. The van der Waals surface area contributed by atoms with Crippen LogP contribution in [-0.4, -0.2) is 50.9 Å². The van der Waals surface area contributed by atoms with Crippen LogP contribution in [0.4, 0.5) is 0 Å². The summed E-state index contributed by atoms with van der Waals surface area (Å²) < 4.78 is 22.3. The van der Waals surface area contributed by atoms with E-state index in [4.69, 9.17) is 28.9 Å². The maximum Gasteiger partial charge on any atom is 0.161 e. The molecule has 0 unspecified atom stereocenters. The Kier molecular flexibility index (Phi) is 5.89. The van der Waals surface area contributed by atoms with E-state index in [9.17, 15) is 0 Å². The molecule has 6 heteroatoms. The lowest BCUT2D eigenvalue weighted by atomic mass is 9.82. The molecule has 176 valence electrons. The van der Waals surface area contributed by atoms with Gasteiger partial charge in [-0.3, -0.25) is 9.98 Å². The molecule has 4 rings (SSSR count). The van der Waals surface area contributed by atoms with Gasteiger partial charge in [-0.05, 0) is 75.9 Å². The monoisotopic (exact) mass is 450 g/mol. The molecule has 0 aromatic heterocycles. The second-order valence-electron chi connectivity index (χ2n) is 10.0. The average molecular weight is 451 g/mol. The lowest BCUT2D eigenvalue weighted by molar-refractivity contribution is 0.353. The van der Waals surface area contributed by atoms with Crippen molar-refractivity contribution in [2.24, 2.45) is 9.98 Å². The molecule has 2 aromatic rings. The van der Waals surface area contributed by atoms with Gasteiger partial charge in [-0.1, -0.05) is 0 Å². The summed E-state index contributed by atoms with van der Waals surface area (Å²) in [6, 6.07) is 8.26. The molecule has 0 fully saturated rings. The van der Waals surface area contributed by atoms with Gasteiger partial charge in [0.25, 0.3) is 0 Å². The van der Waals surface area contributed by atoms with Crippen LogP contribution in [-0.2, 0) is 12.8 Å². The van der Waals surface area contributed by atoms with E-state index in [0.717, 1.165) is 46.9 Å². The fourth-order valence-corrected chi connectivity index (χ4v) is 4.96. The number of nitrogens with zero attached hydrogens (tertiary/aromatic N) is 2. The third kappa shape index (κ3) is 4.43. The maximum atomic E-state index is 5.60. The van der Waals surface area contributed by atoms with E-state index in [1.54, 1.807) is 28.4 Å². The molecule has 0 bridgehead atoms. The summed E-state index contributed by atoms with van der Waals surface area (Å²) in [6.07, 6.45) is 2.30. The highest BCUT2D eigenvalue weighted by Gasteiger charge is 2.33. The SMILES string of the molecule is COc1cc2c(cc1OC)C(CC1=NC(C)(C)Cc3cc(OC)c(OC)cc31)=NC(C)(C)C2. The molecule has 0 saturated heterocycles. The van der Waals surface area contributed by atoms with Crippen LogP contribution in [0.3, 0.4) is 0 Å². The number of methoxy groups -OCH3 is 4. The van der Waals surface area contributed by atoms with Gasteiger partial charge in [-0.2, -0.15) is 0 Å². The number of hydrogen-bond donors (Lipinski definition) is 0. The predicted octanol–water partition coefficient (Wildman–Crippen LogP) is 5.06. The molecule has 0 saturated carbocycles. The Balaban J connectivity index is 1.83. The van der Waals surface area contributed by atoms with Gasteiger partial charge in [-0.15, -0.1) is 0 Å². The van der Waals surface area contributed by atoms with E-state index in [1.807, 2.05) is 12.1 Å². The van der Waals surface area contributed by atoms with Crippen LogP contribution < -0.4 is 18.9 Å². The van der Waals surface area contributed by atoms with E-state index >= 15 is 0 Å². The first-order valence-electron chi connectivity index (χ1n) is 11.3. The quantitative estimate of drug-likeness (QED) is 0.617. The van der Waals surface area contributed by atoms with Gasteiger partial charge in [-0.25, -0.2) is 0 Å². The molecular formula is C27H34N2O4. The van der Waals surface area contributed by atoms with Crippen molar-refractivity contribution in [3.63, 3.8) is 0 Å². The van der Waals surface area contributed by atoms with Crippen LogP contribution in [0.25, 0.3) is 0 Å². The standard InChI is InChI=1S/C27H34N2O4/c1-26(2)14-16-9-22(30-5)24(32-7)11-18(16)20(28-26)13-21-19-12-25(33-8)23(31-6)10-17(19)15-27(3,4)29-21/h9-12H,13-15H2,1-8H3. The van der Waals surface area contributed by atoms with Crippen molar-refractivity contribution >= 4 is 11.4 Å². The maximum absolute atomic E-state index is 5.60. The van der Waals surface area contributed by atoms with Crippen LogP contribution in [0, 0.1) is 0 Å². The largest absolute Gasteiger partial charge is 0.493 e. The minimum Gasteiger partial charge on any atom is -0.493 e. The highest BCUT2D eigenvalue weighted by molar-refractivity contribution is 6.20. The topological polar surface area (TPSA) is 61.6 Å². The lowest BCUT2D eigenvalue weighted by Gasteiger charge is -2.33.